The minimum absolute atomic E-state index is 0.278. The summed E-state index contributed by atoms with van der Waals surface area (Å²) in [5.41, 5.74) is 0.701. The van der Waals surface area contributed by atoms with E-state index in [2.05, 4.69) is 10.3 Å². The van der Waals surface area contributed by atoms with Crippen LogP contribution in [0.2, 0.25) is 0 Å². The first-order valence-electron chi connectivity index (χ1n) is 3.71. The van der Waals surface area contributed by atoms with E-state index in [1.54, 1.807) is 19.1 Å². The highest BCUT2D eigenvalue weighted by molar-refractivity contribution is 5.42. The first kappa shape index (κ1) is 9.83. The molecule has 5 heteroatoms. The van der Waals surface area contributed by atoms with Gasteiger partial charge in [-0.1, -0.05) is 6.07 Å². The lowest BCUT2D eigenvalue weighted by Gasteiger charge is -2.09. The molecule has 0 bridgehead atoms. The zero-order valence-electron chi connectivity index (χ0n) is 7.02. The van der Waals surface area contributed by atoms with Crippen molar-refractivity contribution < 1.29 is 13.2 Å². The number of alkyl halides is 3. The lowest BCUT2D eigenvalue weighted by atomic mass is 10.3. The Labute approximate surface area is 73.8 Å². The number of hydrogen-bond acceptors (Lipinski definition) is 2. The van der Waals surface area contributed by atoms with Crippen LogP contribution in [0.15, 0.2) is 18.3 Å². The third-order valence-electron chi connectivity index (χ3n) is 1.47. The van der Waals surface area contributed by atoms with Gasteiger partial charge in [-0.25, -0.2) is 4.98 Å². The van der Waals surface area contributed by atoms with E-state index in [1.165, 1.54) is 6.20 Å². The van der Waals surface area contributed by atoms with Gasteiger partial charge in [0.1, 0.15) is 12.4 Å². The summed E-state index contributed by atoms with van der Waals surface area (Å²) < 4.78 is 35.3. The Morgan fingerprint density at radius 1 is 1.46 bits per heavy atom. The minimum Gasteiger partial charge on any atom is -0.361 e. The smallest absolute Gasteiger partial charge is 0.361 e. The van der Waals surface area contributed by atoms with Gasteiger partial charge >= 0.3 is 6.18 Å². The molecule has 0 aromatic carbocycles. The topological polar surface area (TPSA) is 24.9 Å². The first-order chi connectivity index (χ1) is 5.99. The Morgan fingerprint density at radius 2 is 2.15 bits per heavy atom. The molecule has 1 rings (SSSR count). The van der Waals surface area contributed by atoms with Gasteiger partial charge in [0, 0.05) is 6.20 Å². The maximum atomic E-state index is 11.8. The van der Waals surface area contributed by atoms with Crippen LogP contribution < -0.4 is 5.32 Å². The molecule has 0 spiro atoms. The second-order valence-corrected chi connectivity index (χ2v) is 2.64. The van der Waals surface area contributed by atoms with Gasteiger partial charge in [0.05, 0.1) is 0 Å². The number of aromatic nitrogens is 1. The molecular weight excluding hydrogens is 181 g/mol. The van der Waals surface area contributed by atoms with Gasteiger partial charge in [0.25, 0.3) is 0 Å². The lowest BCUT2D eigenvalue weighted by Crippen LogP contribution is -2.22. The van der Waals surface area contributed by atoms with Crippen LogP contribution in [0.4, 0.5) is 19.0 Å². The normalized spacial score (nSPS) is 11.4. The minimum atomic E-state index is -4.20. The van der Waals surface area contributed by atoms with Crippen LogP contribution in [-0.2, 0) is 0 Å². The Balaban J connectivity index is 2.60. The average molecular weight is 190 g/mol. The Kier molecular flexibility index (Phi) is 2.75. The van der Waals surface area contributed by atoms with Gasteiger partial charge in [-0.3, -0.25) is 0 Å². The third-order valence-corrected chi connectivity index (χ3v) is 1.47. The highest BCUT2D eigenvalue weighted by Gasteiger charge is 2.26. The van der Waals surface area contributed by atoms with Crippen LogP contribution in [0.3, 0.4) is 0 Å². The second-order valence-electron chi connectivity index (χ2n) is 2.64. The van der Waals surface area contributed by atoms with Gasteiger partial charge in [0.15, 0.2) is 0 Å². The molecule has 0 aliphatic heterocycles. The molecule has 0 radical (unpaired) electrons. The van der Waals surface area contributed by atoms with Crippen molar-refractivity contribution in [3.63, 3.8) is 0 Å². The fourth-order valence-electron chi connectivity index (χ4n) is 0.855. The number of nitrogens with one attached hydrogen (secondary N) is 1. The monoisotopic (exact) mass is 190 g/mol. The van der Waals surface area contributed by atoms with E-state index in [9.17, 15) is 13.2 Å². The van der Waals surface area contributed by atoms with Gasteiger partial charge in [-0.15, -0.1) is 0 Å². The number of pyridine rings is 1. The van der Waals surface area contributed by atoms with Crippen molar-refractivity contribution in [2.75, 3.05) is 11.9 Å². The molecule has 2 nitrogen and oxygen atoms in total. The van der Waals surface area contributed by atoms with Crippen molar-refractivity contribution in [1.29, 1.82) is 0 Å². The summed E-state index contributed by atoms with van der Waals surface area (Å²) in [7, 11) is 0. The number of anilines is 1. The fraction of sp³-hybridized carbons (Fsp3) is 0.375. The van der Waals surface area contributed by atoms with E-state index in [0.717, 1.165) is 0 Å². The molecule has 1 N–H and O–H groups in total. The summed E-state index contributed by atoms with van der Waals surface area (Å²) in [5.74, 6) is 0.278. The number of hydrogen-bond donors (Lipinski definition) is 1. The summed E-state index contributed by atoms with van der Waals surface area (Å²) in [6.07, 6.45) is -2.75. The molecule has 0 amide bonds. The molecule has 0 aliphatic rings. The molecule has 72 valence electrons. The van der Waals surface area contributed by atoms with Crippen LogP contribution in [0.25, 0.3) is 0 Å². The lowest BCUT2D eigenvalue weighted by molar-refractivity contribution is -0.115. The summed E-state index contributed by atoms with van der Waals surface area (Å²) in [6.45, 7) is 0.649. The predicted molar refractivity (Wildman–Crippen MR) is 43.5 cm³/mol. The zero-order valence-corrected chi connectivity index (χ0v) is 7.02. The number of nitrogens with zero attached hydrogens (tertiary/aromatic N) is 1. The molecule has 1 aromatic rings. The van der Waals surface area contributed by atoms with E-state index in [4.69, 9.17) is 0 Å². The van der Waals surface area contributed by atoms with E-state index < -0.39 is 12.7 Å². The number of rotatable bonds is 2. The van der Waals surface area contributed by atoms with Crippen LogP contribution >= 0.6 is 0 Å². The van der Waals surface area contributed by atoms with Crippen molar-refractivity contribution >= 4 is 5.82 Å². The molecule has 1 heterocycles. The zero-order chi connectivity index (χ0) is 9.90. The molecule has 0 aliphatic carbocycles. The van der Waals surface area contributed by atoms with E-state index >= 15 is 0 Å². The molecule has 13 heavy (non-hydrogen) atoms. The standard InChI is InChI=1S/C8H9F3N2/c1-6-3-2-4-12-7(6)13-5-8(9,10)11/h2-4H,5H2,1H3,(H,12,13). The molecule has 0 fully saturated rings. The Bertz CT molecular complexity index is 283. The van der Waals surface area contributed by atoms with E-state index in [0.29, 0.717) is 5.56 Å². The number of halogens is 3. The average Bonchev–Trinajstić information content (AvgIpc) is 2.01. The van der Waals surface area contributed by atoms with Gasteiger partial charge in [0.2, 0.25) is 0 Å². The van der Waals surface area contributed by atoms with Crippen molar-refractivity contribution in [2.24, 2.45) is 0 Å². The summed E-state index contributed by atoms with van der Waals surface area (Å²) in [6, 6.07) is 3.37. The molecular formula is C8H9F3N2. The molecule has 1 aromatic heterocycles. The summed E-state index contributed by atoms with van der Waals surface area (Å²) >= 11 is 0. The third kappa shape index (κ3) is 3.31. The maximum absolute atomic E-state index is 11.8. The second kappa shape index (κ2) is 3.64. The molecule has 0 saturated heterocycles. The fourth-order valence-corrected chi connectivity index (χ4v) is 0.855. The molecule has 0 saturated carbocycles. The van der Waals surface area contributed by atoms with Crippen LogP contribution in [0.1, 0.15) is 5.56 Å². The van der Waals surface area contributed by atoms with Crippen molar-refractivity contribution in [1.82, 2.24) is 4.98 Å². The van der Waals surface area contributed by atoms with Crippen LogP contribution in [0.5, 0.6) is 0 Å². The predicted octanol–water partition coefficient (Wildman–Crippen LogP) is 2.36. The summed E-state index contributed by atoms with van der Waals surface area (Å²) in [4.78, 5) is 3.77. The molecule has 0 atom stereocenters. The van der Waals surface area contributed by atoms with Crippen LogP contribution in [0, 0.1) is 6.92 Å². The quantitative estimate of drug-likeness (QED) is 0.774. The van der Waals surface area contributed by atoms with Crippen molar-refractivity contribution in [3.05, 3.63) is 23.9 Å². The van der Waals surface area contributed by atoms with Gasteiger partial charge < -0.3 is 5.32 Å². The number of aryl methyl sites for hydroxylation is 1. The largest absolute Gasteiger partial charge is 0.405 e. The Hall–Kier alpha value is -1.26. The van der Waals surface area contributed by atoms with Crippen LogP contribution in [-0.4, -0.2) is 17.7 Å². The summed E-state index contributed by atoms with van der Waals surface area (Å²) in [5, 5.41) is 2.22. The van der Waals surface area contributed by atoms with E-state index in [1.807, 2.05) is 0 Å². The van der Waals surface area contributed by atoms with Crippen molar-refractivity contribution in [3.8, 4) is 0 Å². The van der Waals surface area contributed by atoms with Crippen molar-refractivity contribution in [2.45, 2.75) is 13.1 Å². The first-order valence-corrected chi connectivity index (χ1v) is 3.71. The highest BCUT2D eigenvalue weighted by Crippen LogP contribution is 2.16. The van der Waals surface area contributed by atoms with E-state index in [-0.39, 0.29) is 5.82 Å². The maximum Gasteiger partial charge on any atom is 0.405 e. The Morgan fingerprint density at radius 3 is 2.69 bits per heavy atom. The highest BCUT2D eigenvalue weighted by atomic mass is 19.4. The SMILES string of the molecule is Cc1cccnc1NCC(F)(F)F. The van der Waals surface area contributed by atoms with Gasteiger partial charge in [-0.05, 0) is 18.6 Å². The van der Waals surface area contributed by atoms with Gasteiger partial charge in [-0.2, -0.15) is 13.2 Å². The molecule has 0 unspecified atom stereocenters.